The number of unbranched alkanes of at least 4 members (excludes halogenated alkanes) is 3. The number of aliphatic hydroxyl groups is 2. The Bertz CT molecular complexity index is 426. The first-order chi connectivity index (χ1) is 9.98. The topological polar surface area (TPSA) is 57.5 Å². The number of carbonyl (C=O) groups is 1. The highest BCUT2D eigenvalue weighted by Crippen LogP contribution is 2.55. The molecule has 2 N–H and O–H groups in total. The molecule has 0 amide bonds. The first kappa shape index (κ1) is 16.4. The predicted octanol–water partition coefficient (Wildman–Crippen LogP) is 3.16. The van der Waals surface area contributed by atoms with Gasteiger partial charge in [0.25, 0.3) is 0 Å². The second kappa shape index (κ2) is 6.89. The SMILES string of the molecule is C=C1C[C@@]2(C=C[C@@H](O)CCCCCC)C[C@H](O)C[C@@H]2C1=O. The van der Waals surface area contributed by atoms with Crippen LogP contribution in [0.3, 0.4) is 0 Å². The number of hydrogen-bond donors (Lipinski definition) is 2. The van der Waals surface area contributed by atoms with Crippen molar-refractivity contribution in [2.75, 3.05) is 0 Å². The molecule has 0 aromatic carbocycles. The van der Waals surface area contributed by atoms with Gasteiger partial charge in [0.2, 0.25) is 0 Å². The van der Waals surface area contributed by atoms with Gasteiger partial charge in [0.05, 0.1) is 12.2 Å². The van der Waals surface area contributed by atoms with E-state index in [1.54, 1.807) is 0 Å². The third kappa shape index (κ3) is 3.64. The molecule has 0 unspecified atom stereocenters. The molecule has 0 saturated heterocycles. The molecular formula is C18H28O3. The van der Waals surface area contributed by atoms with Crippen molar-refractivity contribution in [2.45, 2.75) is 70.5 Å². The van der Waals surface area contributed by atoms with Gasteiger partial charge >= 0.3 is 0 Å². The molecule has 3 heteroatoms. The maximum absolute atomic E-state index is 12.1. The molecule has 2 saturated carbocycles. The molecule has 2 fully saturated rings. The lowest BCUT2D eigenvalue weighted by Gasteiger charge is -2.24. The summed E-state index contributed by atoms with van der Waals surface area (Å²) in [5.41, 5.74) is 0.381. The first-order valence-corrected chi connectivity index (χ1v) is 8.26. The zero-order chi connectivity index (χ0) is 15.5. The first-order valence-electron chi connectivity index (χ1n) is 8.26. The summed E-state index contributed by atoms with van der Waals surface area (Å²) in [6, 6.07) is 0. The minimum atomic E-state index is -0.446. The average Bonchev–Trinajstić information content (AvgIpc) is 2.87. The maximum Gasteiger partial charge on any atom is 0.162 e. The lowest BCUT2D eigenvalue weighted by molar-refractivity contribution is -0.118. The van der Waals surface area contributed by atoms with Gasteiger partial charge in [0.15, 0.2) is 5.78 Å². The molecular weight excluding hydrogens is 264 g/mol. The maximum atomic E-state index is 12.1. The third-order valence-electron chi connectivity index (χ3n) is 5.03. The van der Waals surface area contributed by atoms with Crippen LogP contribution in [0.2, 0.25) is 0 Å². The fourth-order valence-electron chi connectivity index (χ4n) is 3.89. The summed E-state index contributed by atoms with van der Waals surface area (Å²) >= 11 is 0. The number of rotatable bonds is 7. The number of allylic oxidation sites excluding steroid dienone is 2. The second-order valence-corrected chi connectivity index (χ2v) is 6.80. The van der Waals surface area contributed by atoms with Gasteiger partial charge in [-0.15, -0.1) is 0 Å². The summed E-state index contributed by atoms with van der Waals surface area (Å²) in [5.74, 6) is -0.0304. The van der Waals surface area contributed by atoms with E-state index < -0.39 is 12.2 Å². The van der Waals surface area contributed by atoms with Gasteiger partial charge < -0.3 is 10.2 Å². The van der Waals surface area contributed by atoms with Crippen molar-refractivity contribution in [3.63, 3.8) is 0 Å². The van der Waals surface area contributed by atoms with E-state index >= 15 is 0 Å². The van der Waals surface area contributed by atoms with Gasteiger partial charge in [0, 0.05) is 11.3 Å². The minimum absolute atomic E-state index is 0.105. The van der Waals surface area contributed by atoms with Crippen molar-refractivity contribution in [1.29, 1.82) is 0 Å². The van der Waals surface area contributed by atoms with Crippen LogP contribution in [0.5, 0.6) is 0 Å². The van der Waals surface area contributed by atoms with E-state index in [1.165, 1.54) is 12.8 Å². The molecule has 21 heavy (non-hydrogen) atoms. The number of hydrogen-bond acceptors (Lipinski definition) is 3. The van der Waals surface area contributed by atoms with E-state index in [4.69, 9.17) is 0 Å². The Kier molecular flexibility index (Phi) is 5.39. The Hall–Kier alpha value is -0.930. The van der Waals surface area contributed by atoms with Gasteiger partial charge in [-0.3, -0.25) is 4.79 Å². The number of aliphatic hydroxyl groups excluding tert-OH is 2. The molecule has 118 valence electrons. The van der Waals surface area contributed by atoms with Crippen LogP contribution in [0.4, 0.5) is 0 Å². The smallest absolute Gasteiger partial charge is 0.162 e. The fourth-order valence-corrected chi connectivity index (χ4v) is 3.89. The van der Waals surface area contributed by atoms with Gasteiger partial charge in [-0.2, -0.15) is 0 Å². The molecule has 0 aromatic rings. The molecule has 4 atom stereocenters. The van der Waals surface area contributed by atoms with Crippen molar-refractivity contribution in [3.8, 4) is 0 Å². The van der Waals surface area contributed by atoms with Crippen LogP contribution in [-0.2, 0) is 4.79 Å². The average molecular weight is 292 g/mol. The van der Waals surface area contributed by atoms with E-state index in [-0.39, 0.29) is 17.1 Å². The highest BCUT2D eigenvalue weighted by molar-refractivity contribution is 6.00. The van der Waals surface area contributed by atoms with Crippen LogP contribution in [0.1, 0.15) is 58.3 Å². The summed E-state index contributed by atoms with van der Waals surface area (Å²) in [7, 11) is 0. The van der Waals surface area contributed by atoms with Crippen LogP contribution in [-0.4, -0.2) is 28.2 Å². The van der Waals surface area contributed by atoms with Crippen molar-refractivity contribution in [3.05, 3.63) is 24.3 Å². The van der Waals surface area contributed by atoms with Crippen LogP contribution < -0.4 is 0 Å². The van der Waals surface area contributed by atoms with E-state index in [2.05, 4.69) is 13.5 Å². The zero-order valence-corrected chi connectivity index (χ0v) is 13.1. The van der Waals surface area contributed by atoms with Crippen LogP contribution >= 0.6 is 0 Å². The Balaban J connectivity index is 1.95. The summed E-state index contributed by atoms with van der Waals surface area (Å²) in [6.07, 6.45) is 10.1. The van der Waals surface area contributed by atoms with Crippen LogP contribution in [0, 0.1) is 11.3 Å². The van der Waals surface area contributed by atoms with Gasteiger partial charge in [-0.1, -0.05) is 51.3 Å². The monoisotopic (exact) mass is 292 g/mol. The third-order valence-corrected chi connectivity index (χ3v) is 5.03. The Morgan fingerprint density at radius 1 is 1.43 bits per heavy atom. The van der Waals surface area contributed by atoms with Gasteiger partial charge in [-0.05, 0) is 31.3 Å². The van der Waals surface area contributed by atoms with Crippen LogP contribution in [0.15, 0.2) is 24.3 Å². The van der Waals surface area contributed by atoms with E-state index in [9.17, 15) is 15.0 Å². The molecule has 0 bridgehead atoms. The summed E-state index contributed by atoms with van der Waals surface area (Å²) < 4.78 is 0. The molecule has 0 heterocycles. The molecule has 0 aliphatic heterocycles. The van der Waals surface area contributed by atoms with E-state index in [0.717, 1.165) is 19.3 Å². The second-order valence-electron chi connectivity index (χ2n) is 6.80. The van der Waals surface area contributed by atoms with Crippen molar-refractivity contribution in [1.82, 2.24) is 0 Å². The van der Waals surface area contributed by atoms with E-state index in [0.29, 0.717) is 24.8 Å². The molecule has 0 spiro atoms. The number of fused-ring (bicyclic) bond motifs is 1. The summed E-state index contributed by atoms with van der Waals surface area (Å²) in [5, 5.41) is 20.0. The highest BCUT2D eigenvalue weighted by Gasteiger charge is 2.54. The Labute approximate surface area is 127 Å². The largest absolute Gasteiger partial charge is 0.393 e. The van der Waals surface area contributed by atoms with E-state index in [1.807, 2.05) is 12.2 Å². The molecule has 0 radical (unpaired) electrons. The Morgan fingerprint density at radius 2 is 2.19 bits per heavy atom. The Morgan fingerprint density at radius 3 is 2.90 bits per heavy atom. The quantitative estimate of drug-likeness (QED) is 0.430. The highest BCUT2D eigenvalue weighted by atomic mass is 16.3. The number of Topliss-reactive ketones (excluding diaryl/α,β-unsaturated/α-hetero) is 1. The van der Waals surface area contributed by atoms with Crippen LogP contribution in [0.25, 0.3) is 0 Å². The normalized spacial score (nSPS) is 33.9. The minimum Gasteiger partial charge on any atom is -0.393 e. The predicted molar refractivity (Wildman–Crippen MR) is 83.8 cm³/mol. The molecule has 2 aliphatic carbocycles. The molecule has 2 rings (SSSR count). The zero-order valence-electron chi connectivity index (χ0n) is 13.1. The summed E-state index contributed by atoms with van der Waals surface area (Å²) in [4.78, 5) is 12.1. The lowest BCUT2D eigenvalue weighted by atomic mass is 9.79. The molecule has 3 nitrogen and oxygen atoms in total. The number of ketones is 1. The molecule has 2 aliphatic rings. The lowest BCUT2D eigenvalue weighted by Crippen LogP contribution is -2.21. The fraction of sp³-hybridized carbons (Fsp3) is 0.722. The van der Waals surface area contributed by atoms with Crippen molar-refractivity contribution < 1.29 is 15.0 Å². The summed E-state index contributed by atoms with van der Waals surface area (Å²) in [6.45, 7) is 6.03. The standard InChI is InChI=1S/C18H28O3/c1-3-4-5-6-7-14(19)8-9-18-11-13(2)17(21)16(18)10-15(20)12-18/h8-9,14-16,19-20H,2-7,10-12H2,1H3/t14-,15+,16+,18-/m0/s1. The van der Waals surface area contributed by atoms with Gasteiger partial charge in [0.1, 0.15) is 0 Å². The molecule has 0 aromatic heterocycles. The van der Waals surface area contributed by atoms with Crippen molar-refractivity contribution >= 4 is 5.78 Å². The van der Waals surface area contributed by atoms with Crippen molar-refractivity contribution in [2.24, 2.45) is 11.3 Å². The van der Waals surface area contributed by atoms with Gasteiger partial charge in [-0.25, -0.2) is 0 Å². The number of carbonyl (C=O) groups excluding carboxylic acids is 1.